The van der Waals surface area contributed by atoms with E-state index in [0.717, 1.165) is 12.8 Å². The number of aromatic hydroxyl groups is 1. The minimum atomic E-state index is -0.278. The molecule has 0 heterocycles. The summed E-state index contributed by atoms with van der Waals surface area (Å²) >= 11 is 6.44. The van der Waals surface area contributed by atoms with Crippen molar-refractivity contribution in [2.24, 2.45) is 5.92 Å². The Labute approximate surface area is 155 Å². The van der Waals surface area contributed by atoms with Crippen LogP contribution in [0.1, 0.15) is 23.2 Å². The van der Waals surface area contributed by atoms with E-state index in [1.54, 1.807) is 36.4 Å². The Hall–Kier alpha value is -1.86. The molecule has 5 nitrogen and oxygen atoms in total. The van der Waals surface area contributed by atoms with Crippen molar-refractivity contribution < 1.29 is 14.7 Å². The Morgan fingerprint density at radius 1 is 0.958 bits per heavy atom. The molecule has 3 rings (SSSR count). The highest BCUT2D eigenvalue weighted by Gasteiger charge is 2.29. The minimum Gasteiger partial charge on any atom is -0.506 e. The van der Waals surface area contributed by atoms with Crippen LogP contribution >= 0.6 is 31.9 Å². The van der Waals surface area contributed by atoms with Gasteiger partial charge in [-0.25, -0.2) is 0 Å². The molecule has 0 unspecified atom stereocenters. The lowest BCUT2D eigenvalue weighted by Gasteiger charge is -2.09. The molecule has 3 N–H and O–H groups in total. The Balaban J connectivity index is 1.67. The van der Waals surface area contributed by atoms with Crippen molar-refractivity contribution in [3.8, 4) is 5.75 Å². The number of hydrogen-bond acceptors (Lipinski definition) is 3. The molecule has 2 amide bonds. The van der Waals surface area contributed by atoms with Gasteiger partial charge in [-0.2, -0.15) is 0 Å². The van der Waals surface area contributed by atoms with Gasteiger partial charge in [0.2, 0.25) is 5.91 Å². The third kappa shape index (κ3) is 3.96. The summed E-state index contributed by atoms with van der Waals surface area (Å²) in [6.45, 7) is 0. The van der Waals surface area contributed by atoms with Gasteiger partial charge in [0, 0.05) is 22.9 Å². The van der Waals surface area contributed by atoms with E-state index in [0.29, 0.717) is 25.9 Å². The summed E-state index contributed by atoms with van der Waals surface area (Å²) in [5.41, 5.74) is 1.70. The molecule has 0 bridgehead atoms. The number of amides is 2. The molecule has 1 aliphatic carbocycles. The first-order valence-corrected chi connectivity index (χ1v) is 8.93. The van der Waals surface area contributed by atoms with Crippen molar-refractivity contribution in [2.75, 3.05) is 10.6 Å². The van der Waals surface area contributed by atoms with Crippen molar-refractivity contribution in [1.82, 2.24) is 0 Å². The Morgan fingerprint density at radius 3 is 2.08 bits per heavy atom. The van der Waals surface area contributed by atoms with Crippen LogP contribution in [0.4, 0.5) is 11.4 Å². The smallest absolute Gasteiger partial charge is 0.255 e. The molecule has 2 aromatic carbocycles. The molecule has 0 saturated heterocycles. The second-order valence-electron chi connectivity index (χ2n) is 5.58. The van der Waals surface area contributed by atoms with Gasteiger partial charge in [-0.15, -0.1) is 0 Å². The topological polar surface area (TPSA) is 78.4 Å². The molecule has 0 atom stereocenters. The van der Waals surface area contributed by atoms with Gasteiger partial charge in [0.05, 0.1) is 8.95 Å². The fraction of sp³-hybridized carbons (Fsp3) is 0.176. The van der Waals surface area contributed by atoms with E-state index in [9.17, 15) is 14.7 Å². The number of hydrogen-bond donors (Lipinski definition) is 3. The summed E-state index contributed by atoms with van der Waals surface area (Å²) < 4.78 is 0.954. The van der Waals surface area contributed by atoms with Crippen molar-refractivity contribution >= 4 is 55.0 Å². The lowest BCUT2D eigenvalue weighted by molar-refractivity contribution is -0.117. The molecular formula is C17H14Br2N2O3. The summed E-state index contributed by atoms with van der Waals surface area (Å²) in [5, 5.41) is 15.3. The first-order valence-electron chi connectivity index (χ1n) is 7.34. The predicted molar refractivity (Wildman–Crippen MR) is 99.3 cm³/mol. The minimum absolute atomic E-state index is 0.0333. The predicted octanol–water partition coefficient (Wildman–Crippen LogP) is 4.52. The Morgan fingerprint density at radius 2 is 1.54 bits per heavy atom. The quantitative estimate of drug-likeness (QED) is 0.595. The molecule has 0 aliphatic heterocycles. The van der Waals surface area contributed by atoms with Gasteiger partial charge >= 0.3 is 0 Å². The molecule has 0 aromatic heterocycles. The number of carbonyl (C=O) groups excluding carboxylic acids is 2. The van der Waals surface area contributed by atoms with Crippen LogP contribution in [0.2, 0.25) is 0 Å². The number of nitrogens with one attached hydrogen (secondary N) is 2. The average molecular weight is 454 g/mol. The van der Waals surface area contributed by atoms with E-state index in [4.69, 9.17) is 0 Å². The maximum atomic E-state index is 12.3. The highest BCUT2D eigenvalue weighted by atomic mass is 79.9. The lowest BCUT2D eigenvalue weighted by Crippen LogP contribution is -2.14. The van der Waals surface area contributed by atoms with Crippen molar-refractivity contribution in [3.63, 3.8) is 0 Å². The summed E-state index contributed by atoms with van der Waals surface area (Å²) in [6.07, 6.45) is 1.90. The van der Waals surface area contributed by atoms with E-state index in [-0.39, 0.29) is 23.5 Å². The highest BCUT2D eigenvalue weighted by Crippen LogP contribution is 2.35. The van der Waals surface area contributed by atoms with E-state index < -0.39 is 0 Å². The van der Waals surface area contributed by atoms with Gasteiger partial charge < -0.3 is 15.7 Å². The third-order valence-corrected chi connectivity index (χ3v) is 4.85. The summed E-state index contributed by atoms with van der Waals surface area (Å²) in [7, 11) is 0. The molecule has 1 fully saturated rings. The monoisotopic (exact) mass is 452 g/mol. The molecule has 2 aromatic rings. The molecular weight excluding hydrogens is 440 g/mol. The summed E-state index contributed by atoms with van der Waals surface area (Å²) in [4.78, 5) is 24.0. The number of rotatable bonds is 4. The fourth-order valence-electron chi connectivity index (χ4n) is 2.14. The second-order valence-corrected chi connectivity index (χ2v) is 7.29. The third-order valence-electron chi connectivity index (χ3n) is 3.64. The maximum absolute atomic E-state index is 12.3. The molecule has 24 heavy (non-hydrogen) atoms. The molecule has 124 valence electrons. The van der Waals surface area contributed by atoms with Gasteiger partial charge in [-0.1, -0.05) is 0 Å². The zero-order valence-electron chi connectivity index (χ0n) is 12.5. The van der Waals surface area contributed by atoms with Gasteiger partial charge in [-0.05, 0) is 81.1 Å². The van der Waals surface area contributed by atoms with Gasteiger partial charge in [0.15, 0.2) is 0 Å². The van der Waals surface area contributed by atoms with E-state index in [1.807, 2.05) is 0 Å². The van der Waals surface area contributed by atoms with E-state index >= 15 is 0 Å². The van der Waals surface area contributed by atoms with E-state index in [2.05, 4.69) is 42.5 Å². The van der Waals surface area contributed by atoms with Crippen LogP contribution in [0.5, 0.6) is 5.75 Å². The van der Waals surface area contributed by atoms with Crippen LogP contribution in [-0.2, 0) is 4.79 Å². The normalized spacial score (nSPS) is 13.4. The first-order chi connectivity index (χ1) is 11.4. The molecule has 7 heteroatoms. The molecule has 0 radical (unpaired) electrons. The highest BCUT2D eigenvalue weighted by molar-refractivity contribution is 9.11. The zero-order valence-corrected chi connectivity index (χ0v) is 15.6. The number of anilines is 2. The first kappa shape index (κ1) is 17.0. The standard InChI is InChI=1S/C17H14Br2N2O3/c18-13-7-12(8-14(19)15(13)22)21-17(24)10-3-5-11(6-4-10)20-16(23)9-1-2-9/h3-9,22H,1-2H2,(H,20,23)(H,21,24). The zero-order chi connectivity index (χ0) is 17.3. The number of phenols is 1. The number of benzene rings is 2. The van der Waals surface area contributed by atoms with Crippen LogP contribution < -0.4 is 10.6 Å². The second kappa shape index (κ2) is 6.94. The summed E-state index contributed by atoms with van der Waals surface area (Å²) in [5.74, 6) is -0.0336. The van der Waals surface area contributed by atoms with Crippen molar-refractivity contribution in [2.45, 2.75) is 12.8 Å². The number of phenolic OH excluding ortho intramolecular Hbond substituents is 1. The average Bonchev–Trinajstić information content (AvgIpc) is 3.38. The number of halogens is 2. The van der Waals surface area contributed by atoms with Crippen LogP contribution in [0.25, 0.3) is 0 Å². The molecule has 1 saturated carbocycles. The van der Waals surface area contributed by atoms with Crippen molar-refractivity contribution in [3.05, 3.63) is 50.9 Å². The van der Waals surface area contributed by atoms with E-state index in [1.165, 1.54) is 0 Å². The van der Waals surface area contributed by atoms with Gasteiger partial charge in [0.25, 0.3) is 5.91 Å². The Bertz CT molecular complexity index is 779. The number of carbonyl (C=O) groups is 2. The van der Waals surface area contributed by atoms with Crippen molar-refractivity contribution in [1.29, 1.82) is 0 Å². The molecule has 0 spiro atoms. The lowest BCUT2D eigenvalue weighted by atomic mass is 10.2. The largest absolute Gasteiger partial charge is 0.506 e. The molecule has 1 aliphatic rings. The SMILES string of the molecule is O=C(Nc1cc(Br)c(O)c(Br)c1)c1ccc(NC(=O)C2CC2)cc1. The summed E-state index contributed by atoms with van der Waals surface area (Å²) in [6, 6.07) is 9.95. The van der Waals surface area contributed by atoms with Crippen LogP contribution in [0.15, 0.2) is 45.3 Å². The van der Waals surface area contributed by atoms with Crippen LogP contribution in [0.3, 0.4) is 0 Å². The fourth-order valence-corrected chi connectivity index (χ4v) is 3.32. The van der Waals surface area contributed by atoms with Crippen LogP contribution in [-0.4, -0.2) is 16.9 Å². The maximum Gasteiger partial charge on any atom is 0.255 e. The van der Waals surface area contributed by atoms with Gasteiger partial charge in [-0.3, -0.25) is 9.59 Å². The Kier molecular flexibility index (Phi) is 4.91. The van der Waals surface area contributed by atoms with Gasteiger partial charge in [0.1, 0.15) is 5.75 Å². The van der Waals surface area contributed by atoms with Crippen LogP contribution in [0, 0.1) is 5.92 Å².